The van der Waals surface area contributed by atoms with Gasteiger partial charge >= 0.3 is 0 Å². The highest BCUT2D eigenvalue weighted by atomic mass is 79.9. The van der Waals surface area contributed by atoms with Gasteiger partial charge < -0.3 is 0 Å². The van der Waals surface area contributed by atoms with E-state index in [9.17, 15) is 0 Å². The van der Waals surface area contributed by atoms with Gasteiger partial charge in [0, 0.05) is 5.33 Å². The highest BCUT2D eigenvalue weighted by Gasteiger charge is 2.16. The largest absolute Gasteiger partial charge is 0.0880 e. The third-order valence-corrected chi connectivity index (χ3v) is 3.88. The van der Waals surface area contributed by atoms with E-state index in [2.05, 4.69) is 35.9 Å². The van der Waals surface area contributed by atoms with Gasteiger partial charge in [0.1, 0.15) is 0 Å². The summed E-state index contributed by atoms with van der Waals surface area (Å²) >= 11 is 3.55. The monoisotopic (exact) mass is 244 g/mol. The second kappa shape index (κ2) is 5.85. The van der Waals surface area contributed by atoms with E-state index in [0.717, 1.165) is 17.2 Å². The standard InChI is InChI=1S/C12H21Br/c1-3-11(9-13)8-12-6-4-10(2)5-7-12/h8,10,12H,3-7,9H2,1-2H3/b11-8+. The maximum Gasteiger partial charge on any atom is 0.0241 e. The average Bonchev–Trinajstić information content (AvgIpc) is 2.17. The molecule has 1 rings (SSSR count). The van der Waals surface area contributed by atoms with E-state index in [4.69, 9.17) is 0 Å². The van der Waals surface area contributed by atoms with Gasteiger partial charge in [0.15, 0.2) is 0 Å². The zero-order chi connectivity index (χ0) is 9.68. The number of alkyl halides is 1. The van der Waals surface area contributed by atoms with Crippen LogP contribution in [0.5, 0.6) is 0 Å². The van der Waals surface area contributed by atoms with Crippen LogP contribution in [0.3, 0.4) is 0 Å². The van der Waals surface area contributed by atoms with Crippen molar-refractivity contribution in [3.05, 3.63) is 11.6 Å². The quantitative estimate of drug-likeness (QED) is 0.505. The van der Waals surface area contributed by atoms with Gasteiger partial charge in [0.05, 0.1) is 0 Å². The van der Waals surface area contributed by atoms with Crippen molar-refractivity contribution in [1.29, 1.82) is 0 Å². The van der Waals surface area contributed by atoms with E-state index in [-0.39, 0.29) is 0 Å². The van der Waals surface area contributed by atoms with Gasteiger partial charge in [0.2, 0.25) is 0 Å². The lowest BCUT2D eigenvalue weighted by atomic mass is 9.82. The Hall–Kier alpha value is 0.220. The van der Waals surface area contributed by atoms with Crippen molar-refractivity contribution < 1.29 is 0 Å². The molecule has 1 saturated carbocycles. The van der Waals surface area contributed by atoms with Crippen LogP contribution < -0.4 is 0 Å². The summed E-state index contributed by atoms with van der Waals surface area (Å²) in [6.07, 6.45) is 9.41. The summed E-state index contributed by atoms with van der Waals surface area (Å²) in [5.41, 5.74) is 1.58. The first-order valence-electron chi connectivity index (χ1n) is 5.51. The average molecular weight is 245 g/mol. The van der Waals surface area contributed by atoms with Crippen LogP contribution in [0.1, 0.15) is 46.0 Å². The fourth-order valence-corrected chi connectivity index (χ4v) is 2.63. The SMILES string of the molecule is CC/C(=C\C1CCC(C)CC1)CBr. The topological polar surface area (TPSA) is 0 Å². The van der Waals surface area contributed by atoms with Gasteiger partial charge in [-0.15, -0.1) is 0 Å². The molecule has 0 unspecified atom stereocenters. The molecule has 0 bridgehead atoms. The molecule has 1 aliphatic carbocycles. The molecule has 0 radical (unpaired) electrons. The molecule has 0 N–H and O–H groups in total. The summed E-state index contributed by atoms with van der Waals surface area (Å²) in [6.45, 7) is 4.63. The minimum absolute atomic E-state index is 0.878. The third-order valence-electron chi connectivity index (χ3n) is 3.16. The summed E-state index contributed by atoms with van der Waals surface area (Å²) < 4.78 is 0. The molecule has 13 heavy (non-hydrogen) atoms. The van der Waals surface area contributed by atoms with Crippen LogP contribution >= 0.6 is 15.9 Å². The van der Waals surface area contributed by atoms with Crippen molar-refractivity contribution in [2.45, 2.75) is 46.0 Å². The van der Waals surface area contributed by atoms with Gasteiger partial charge in [-0.05, 0) is 31.1 Å². The predicted molar refractivity (Wildman–Crippen MR) is 63.3 cm³/mol. The smallest absolute Gasteiger partial charge is 0.0241 e. The third kappa shape index (κ3) is 3.84. The number of hydrogen-bond acceptors (Lipinski definition) is 0. The van der Waals surface area contributed by atoms with Gasteiger partial charge in [-0.2, -0.15) is 0 Å². The van der Waals surface area contributed by atoms with Crippen LogP contribution in [-0.2, 0) is 0 Å². The maximum atomic E-state index is 3.55. The fourth-order valence-electron chi connectivity index (χ4n) is 2.04. The van der Waals surface area contributed by atoms with Crippen molar-refractivity contribution >= 4 is 15.9 Å². The van der Waals surface area contributed by atoms with Gasteiger partial charge in [-0.1, -0.05) is 54.3 Å². The number of hydrogen-bond donors (Lipinski definition) is 0. The van der Waals surface area contributed by atoms with Crippen molar-refractivity contribution in [2.24, 2.45) is 11.8 Å². The Balaban J connectivity index is 2.40. The molecule has 0 spiro atoms. The van der Waals surface area contributed by atoms with Crippen molar-refractivity contribution in [3.63, 3.8) is 0 Å². The lowest BCUT2D eigenvalue weighted by molar-refractivity contribution is 0.329. The molecule has 0 aliphatic heterocycles. The zero-order valence-corrected chi connectivity index (χ0v) is 10.4. The maximum absolute atomic E-state index is 3.55. The molecule has 0 atom stereocenters. The molecule has 0 aromatic rings. The molecular weight excluding hydrogens is 224 g/mol. The van der Waals surface area contributed by atoms with Crippen molar-refractivity contribution in [1.82, 2.24) is 0 Å². The normalized spacial score (nSPS) is 30.5. The molecule has 0 nitrogen and oxygen atoms in total. The van der Waals surface area contributed by atoms with Crippen molar-refractivity contribution in [3.8, 4) is 0 Å². The van der Waals surface area contributed by atoms with Crippen LogP contribution in [0.15, 0.2) is 11.6 Å². The summed E-state index contributed by atoms with van der Waals surface area (Å²) in [7, 11) is 0. The Labute approximate surface area is 90.9 Å². The molecule has 1 aliphatic rings. The van der Waals surface area contributed by atoms with E-state index >= 15 is 0 Å². The zero-order valence-electron chi connectivity index (χ0n) is 8.85. The van der Waals surface area contributed by atoms with Crippen LogP contribution in [0.2, 0.25) is 0 Å². The molecule has 0 aromatic heterocycles. The Kier molecular flexibility index (Phi) is 5.08. The summed E-state index contributed by atoms with van der Waals surface area (Å²) in [4.78, 5) is 0. The Morgan fingerprint density at radius 3 is 2.38 bits per heavy atom. The van der Waals surface area contributed by atoms with Crippen LogP contribution in [-0.4, -0.2) is 5.33 Å². The minimum Gasteiger partial charge on any atom is -0.0880 e. The molecule has 1 heteroatoms. The molecule has 1 fully saturated rings. The highest BCUT2D eigenvalue weighted by molar-refractivity contribution is 9.09. The predicted octanol–water partition coefficient (Wildman–Crippen LogP) is 4.54. The van der Waals surface area contributed by atoms with Crippen LogP contribution in [0, 0.1) is 11.8 Å². The summed E-state index contributed by atoms with van der Waals surface area (Å²) in [5, 5.41) is 1.07. The van der Waals surface area contributed by atoms with Gasteiger partial charge in [-0.3, -0.25) is 0 Å². The first-order valence-corrected chi connectivity index (χ1v) is 6.64. The number of rotatable bonds is 3. The van der Waals surface area contributed by atoms with E-state index in [1.54, 1.807) is 5.57 Å². The number of allylic oxidation sites excluding steroid dienone is 2. The fraction of sp³-hybridized carbons (Fsp3) is 0.833. The molecule has 0 amide bonds. The lowest BCUT2D eigenvalue weighted by Crippen LogP contribution is -2.10. The van der Waals surface area contributed by atoms with Crippen LogP contribution in [0.25, 0.3) is 0 Å². The van der Waals surface area contributed by atoms with E-state index < -0.39 is 0 Å². The Morgan fingerprint density at radius 1 is 1.31 bits per heavy atom. The molecule has 0 aromatic carbocycles. The number of halogens is 1. The van der Waals surface area contributed by atoms with E-state index in [1.807, 2.05) is 0 Å². The van der Waals surface area contributed by atoms with Gasteiger partial charge in [-0.25, -0.2) is 0 Å². The van der Waals surface area contributed by atoms with Crippen LogP contribution in [0.4, 0.5) is 0 Å². The summed E-state index contributed by atoms with van der Waals surface area (Å²) in [5.74, 6) is 1.85. The highest BCUT2D eigenvalue weighted by Crippen LogP contribution is 2.30. The van der Waals surface area contributed by atoms with Crippen molar-refractivity contribution in [2.75, 3.05) is 5.33 Å². The second-order valence-corrected chi connectivity index (χ2v) is 4.89. The lowest BCUT2D eigenvalue weighted by Gasteiger charge is -2.24. The Morgan fingerprint density at radius 2 is 1.92 bits per heavy atom. The molecule has 0 heterocycles. The Bertz CT molecular complexity index is 158. The summed E-state index contributed by atoms with van der Waals surface area (Å²) in [6, 6.07) is 0. The van der Waals surface area contributed by atoms with E-state index in [1.165, 1.54) is 32.1 Å². The molecule has 76 valence electrons. The molecular formula is C12H21Br. The first-order chi connectivity index (χ1) is 6.26. The first kappa shape index (κ1) is 11.3. The van der Waals surface area contributed by atoms with E-state index in [0.29, 0.717) is 0 Å². The van der Waals surface area contributed by atoms with Gasteiger partial charge in [0.25, 0.3) is 0 Å². The molecule has 0 saturated heterocycles. The second-order valence-electron chi connectivity index (χ2n) is 4.33. The minimum atomic E-state index is 0.878.